The third-order valence-corrected chi connectivity index (χ3v) is 6.76. The largest absolute Gasteiger partial charge is 0.464 e. The van der Waals surface area contributed by atoms with E-state index in [2.05, 4.69) is 14.4 Å². The van der Waals surface area contributed by atoms with Gasteiger partial charge in [-0.2, -0.15) is 8.42 Å². The van der Waals surface area contributed by atoms with Crippen molar-refractivity contribution in [3.05, 3.63) is 47.7 Å². The number of hydrogen-bond acceptors (Lipinski definition) is 6. The highest BCUT2D eigenvalue weighted by Gasteiger charge is 2.23. The summed E-state index contributed by atoms with van der Waals surface area (Å²) in [4.78, 5) is 14.0. The van der Waals surface area contributed by atoms with Gasteiger partial charge in [-0.05, 0) is 61.7 Å². The average Bonchev–Trinajstić information content (AvgIpc) is 3.10. The van der Waals surface area contributed by atoms with Gasteiger partial charge >= 0.3 is 5.97 Å². The number of halogens is 1. The van der Waals surface area contributed by atoms with Crippen molar-refractivity contribution in [2.24, 2.45) is 13.0 Å². The van der Waals surface area contributed by atoms with Crippen molar-refractivity contribution in [3.63, 3.8) is 0 Å². The Morgan fingerprint density at radius 2 is 1.93 bits per heavy atom. The number of piperidine rings is 1. The average molecular weight is 458 g/mol. The molecule has 2 heterocycles. The van der Waals surface area contributed by atoms with Crippen LogP contribution in [0, 0.1) is 5.92 Å². The van der Waals surface area contributed by atoms with Gasteiger partial charge in [0, 0.05) is 25.9 Å². The number of nitrogens with one attached hydrogen (secondary N) is 1. The van der Waals surface area contributed by atoms with Crippen LogP contribution < -0.4 is 4.72 Å². The van der Waals surface area contributed by atoms with Gasteiger partial charge < -0.3 is 14.4 Å². The first-order chi connectivity index (χ1) is 13.8. The second-order valence-electron chi connectivity index (χ2n) is 7.32. The van der Waals surface area contributed by atoms with Crippen molar-refractivity contribution in [1.82, 2.24) is 9.47 Å². The molecule has 0 unspecified atom stereocenters. The molecule has 2 N–H and O–H groups in total. The standard InChI is InChI=1S/C20H27N3O5S.ClH/c1-22-18(20(25)28-2)6-7-19(22)29(26,27)21-17-5-3-4-16(12-17)13-23-10-8-15(14-24)9-11-23;/h3-7,12,15,21,24H,8-11,13-14H2,1-2H3;1H. The molecule has 1 fully saturated rings. The fourth-order valence-corrected chi connectivity index (χ4v) is 4.85. The number of hydrogen-bond donors (Lipinski definition) is 2. The third kappa shape index (κ3) is 5.54. The summed E-state index contributed by atoms with van der Waals surface area (Å²) in [5, 5.41) is 9.24. The number of methoxy groups -OCH3 is 1. The summed E-state index contributed by atoms with van der Waals surface area (Å²) in [5.74, 6) is -0.217. The molecular formula is C20H28ClN3O5S. The predicted octanol–water partition coefficient (Wildman–Crippen LogP) is 2.24. The normalized spacial score (nSPS) is 15.4. The fraction of sp³-hybridized carbons (Fsp3) is 0.450. The number of aliphatic hydroxyl groups excluding tert-OH is 1. The van der Waals surface area contributed by atoms with E-state index in [4.69, 9.17) is 0 Å². The van der Waals surface area contributed by atoms with Gasteiger partial charge in [0.05, 0.1) is 7.11 Å². The van der Waals surface area contributed by atoms with Crippen LogP contribution in [0.1, 0.15) is 28.9 Å². The SMILES string of the molecule is COC(=O)c1ccc(S(=O)(=O)Nc2cccc(CN3CCC(CO)CC3)c2)n1C.Cl. The van der Waals surface area contributed by atoms with Crippen LogP contribution in [0.3, 0.4) is 0 Å². The van der Waals surface area contributed by atoms with Crippen LogP contribution >= 0.6 is 12.4 Å². The Bertz CT molecular complexity index is 969. The van der Waals surface area contributed by atoms with Crippen LogP contribution in [0.25, 0.3) is 0 Å². The van der Waals surface area contributed by atoms with Gasteiger partial charge in [-0.1, -0.05) is 12.1 Å². The van der Waals surface area contributed by atoms with Gasteiger partial charge in [0.1, 0.15) is 5.69 Å². The Kier molecular flexibility index (Phi) is 8.31. The summed E-state index contributed by atoms with van der Waals surface area (Å²) in [5.41, 5.74) is 1.64. The molecule has 166 valence electrons. The maximum atomic E-state index is 12.8. The lowest BCUT2D eigenvalue weighted by atomic mass is 9.97. The van der Waals surface area contributed by atoms with Crippen molar-refractivity contribution >= 4 is 34.1 Å². The number of rotatable bonds is 7. The Balaban J connectivity index is 0.00000320. The van der Waals surface area contributed by atoms with Crippen molar-refractivity contribution in [1.29, 1.82) is 0 Å². The van der Waals surface area contributed by atoms with Crippen LogP contribution in [-0.4, -0.2) is 55.8 Å². The molecule has 8 nitrogen and oxygen atoms in total. The minimum Gasteiger partial charge on any atom is -0.464 e. The molecule has 10 heteroatoms. The number of aromatic nitrogens is 1. The topological polar surface area (TPSA) is 101 Å². The number of nitrogens with zero attached hydrogens (tertiary/aromatic N) is 2. The van der Waals surface area contributed by atoms with E-state index in [-0.39, 0.29) is 29.7 Å². The van der Waals surface area contributed by atoms with Crippen molar-refractivity contribution in [3.8, 4) is 0 Å². The number of aliphatic hydroxyl groups is 1. The predicted molar refractivity (Wildman–Crippen MR) is 116 cm³/mol. The monoisotopic (exact) mass is 457 g/mol. The number of sulfonamides is 1. The van der Waals surface area contributed by atoms with E-state index >= 15 is 0 Å². The lowest BCUT2D eigenvalue weighted by Crippen LogP contribution is -2.34. The van der Waals surface area contributed by atoms with Crippen molar-refractivity contribution < 1.29 is 23.1 Å². The molecule has 1 aliphatic rings. The molecule has 0 bridgehead atoms. The van der Waals surface area contributed by atoms with Crippen LogP contribution in [0.5, 0.6) is 0 Å². The van der Waals surface area contributed by atoms with Crippen molar-refractivity contribution in [2.45, 2.75) is 24.4 Å². The Morgan fingerprint density at radius 1 is 1.23 bits per heavy atom. The zero-order chi connectivity index (χ0) is 21.0. The van der Waals surface area contributed by atoms with E-state index in [9.17, 15) is 18.3 Å². The molecule has 1 saturated heterocycles. The molecule has 30 heavy (non-hydrogen) atoms. The minimum absolute atomic E-state index is 0. The summed E-state index contributed by atoms with van der Waals surface area (Å²) in [6.07, 6.45) is 1.94. The number of carbonyl (C=O) groups is 1. The summed E-state index contributed by atoms with van der Waals surface area (Å²) < 4.78 is 34.1. The number of esters is 1. The van der Waals surface area contributed by atoms with Gasteiger partial charge in [0.15, 0.2) is 5.03 Å². The zero-order valence-electron chi connectivity index (χ0n) is 17.1. The maximum absolute atomic E-state index is 12.8. The second kappa shape index (κ2) is 10.3. The quantitative estimate of drug-likeness (QED) is 0.618. The van der Waals surface area contributed by atoms with E-state index < -0.39 is 16.0 Å². The molecule has 0 radical (unpaired) electrons. The molecule has 0 aliphatic carbocycles. The molecule has 0 amide bonds. The van der Waals surface area contributed by atoms with Crippen molar-refractivity contribution in [2.75, 3.05) is 31.5 Å². The van der Waals surface area contributed by atoms with Gasteiger partial charge in [-0.25, -0.2) is 4.79 Å². The number of likely N-dealkylation sites (tertiary alicyclic amines) is 1. The van der Waals surface area contributed by atoms with Crippen LogP contribution in [0.4, 0.5) is 5.69 Å². The number of benzene rings is 1. The van der Waals surface area contributed by atoms with Crippen LogP contribution in [-0.2, 0) is 28.4 Å². The molecule has 3 rings (SSSR count). The number of ether oxygens (including phenoxy) is 1. The smallest absolute Gasteiger partial charge is 0.354 e. The van der Waals surface area contributed by atoms with Crippen LogP contribution in [0.15, 0.2) is 41.4 Å². The highest BCUT2D eigenvalue weighted by Crippen LogP contribution is 2.22. The summed E-state index contributed by atoms with van der Waals surface area (Å²) in [6, 6.07) is 10.1. The lowest BCUT2D eigenvalue weighted by molar-refractivity contribution is 0.0589. The lowest BCUT2D eigenvalue weighted by Gasteiger charge is -2.31. The van der Waals surface area contributed by atoms with Gasteiger partial charge in [0.25, 0.3) is 10.0 Å². The third-order valence-electron chi connectivity index (χ3n) is 5.30. The molecular weight excluding hydrogens is 430 g/mol. The molecule has 0 spiro atoms. The Hall–Kier alpha value is -2.07. The first kappa shape index (κ1) is 24.2. The number of carbonyl (C=O) groups excluding carboxylic acids is 1. The van der Waals surface area contributed by atoms with Crippen LogP contribution in [0.2, 0.25) is 0 Å². The maximum Gasteiger partial charge on any atom is 0.354 e. The zero-order valence-corrected chi connectivity index (χ0v) is 18.7. The van der Waals surface area contributed by atoms with E-state index in [1.807, 2.05) is 18.2 Å². The molecule has 1 aromatic heterocycles. The first-order valence-electron chi connectivity index (χ1n) is 9.53. The summed E-state index contributed by atoms with van der Waals surface area (Å²) in [6.45, 7) is 2.80. The minimum atomic E-state index is -3.86. The van der Waals surface area contributed by atoms with Gasteiger partial charge in [0.2, 0.25) is 0 Å². The van der Waals surface area contributed by atoms with E-state index in [0.29, 0.717) is 11.6 Å². The Labute approximate surface area is 183 Å². The highest BCUT2D eigenvalue weighted by molar-refractivity contribution is 7.92. The summed E-state index contributed by atoms with van der Waals surface area (Å²) in [7, 11) is -1.10. The molecule has 0 saturated carbocycles. The summed E-state index contributed by atoms with van der Waals surface area (Å²) >= 11 is 0. The van der Waals surface area contributed by atoms with Gasteiger partial charge in [-0.3, -0.25) is 9.62 Å². The van der Waals surface area contributed by atoms with E-state index in [0.717, 1.165) is 38.0 Å². The highest BCUT2D eigenvalue weighted by atomic mass is 35.5. The molecule has 2 aromatic rings. The fourth-order valence-electron chi connectivity index (χ4n) is 3.60. The number of anilines is 1. The van der Waals surface area contributed by atoms with Gasteiger partial charge in [-0.15, -0.1) is 12.4 Å². The molecule has 1 aromatic carbocycles. The molecule has 1 aliphatic heterocycles. The first-order valence-corrected chi connectivity index (χ1v) is 11.0. The van der Waals surface area contributed by atoms with E-state index in [1.54, 1.807) is 6.07 Å². The van der Waals surface area contributed by atoms with E-state index in [1.165, 1.54) is 30.9 Å². The Morgan fingerprint density at radius 3 is 2.57 bits per heavy atom. The molecule has 0 atom stereocenters. The second-order valence-corrected chi connectivity index (χ2v) is 8.94.